The van der Waals surface area contributed by atoms with E-state index >= 15 is 0 Å². The molecule has 7 nitrogen and oxygen atoms in total. The van der Waals surface area contributed by atoms with Crippen LogP contribution in [0.5, 0.6) is 23.0 Å². The van der Waals surface area contributed by atoms with Crippen molar-refractivity contribution in [2.75, 3.05) is 34.1 Å². The lowest BCUT2D eigenvalue weighted by Crippen LogP contribution is -3.00. The lowest BCUT2D eigenvalue weighted by molar-refractivity contribution is -0.967. The van der Waals surface area contributed by atoms with Crippen LogP contribution in [0, 0.1) is 0 Å². The van der Waals surface area contributed by atoms with Crippen LogP contribution in [0.1, 0.15) is 28.3 Å². The molecule has 0 bridgehead atoms. The summed E-state index contributed by atoms with van der Waals surface area (Å²) in [5.74, 6) is 2.13. The predicted octanol–water partition coefficient (Wildman–Crippen LogP) is -0.309. The lowest BCUT2D eigenvalue weighted by atomic mass is 9.81. The van der Waals surface area contributed by atoms with Crippen molar-refractivity contribution in [2.24, 2.45) is 0 Å². The normalized spacial score (nSPS) is 22.8. The van der Waals surface area contributed by atoms with Crippen molar-refractivity contribution in [3.63, 3.8) is 0 Å². The number of ether oxygens (including phenoxy) is 4. The van der Waals surface area contributed by atoms with E-state index in [9.17, 15) is 9.90 Å². The third kappa shape index (κ3) is 3.04. The van der Waals surface area contributed by atoms with Gasteiger partial charge < -0.3 is 40.9 Å². The summed E-state index contributed by atoms with van der Waals surface area (Å²) in [6, 6.07) is 8.18. The van der Waals surface area contributed by atoms with E-state index < -0.39 is 5.97 Å². The molecule has 2 aromatic rings. The number of benzene rings is 2. The minimum absolute atomic E-state index is 0. The van der Waals surface area contributed by atoms with Crippen molar-refractivity contribution in [1.29, 1.82) is 0 Å². The summed E-state index contributed by atoms with van der Waals surface area (Å²) in [6.07, 6.45) is 1.55. The Bertz CT molecular complexity index is 1010. The van der Waals surface area contributed by atoms with Crippen molar-refractivity contribution >= 4 is 5.97 Å². The molecule has 30 heavy (non-hydrogen) atoms. The molecule has 2 unspecified atom stereocenters. The van der Waals surface area contributed by atoms with E-state index in [-0.39, 0.29) is 31.8 Å². The number of carboxylic acid groups (broad SMARTS) is 1. The standard InChI is InChI=1S/C22H23NO6.ClH/c1-26-18-4-3-13-7-17-15-9-20-19(28-12-29-20)8-14(15)5-6-23(17,11-21(24)25)10-16(13)22(18)27-2;/h3-4,8-9,17H,5-7,10-12H2,1-2H3;1H. The number of fused-ring (bicyclic) bond motifs is 5. The average Bonchev–Trinajstić information content (AvgIpc) is 3.17. The quantitative estimate of drug-likeness (QED) is 0.667. The van der Waals surface area contributed by atoms with Gasteiger partial charge in [-0.3, -0.25) is 0 Å². The zero-order valence-electron chi connectivity index (χ0n) is 16.9. The van der Waals surface area contributed by atoms with Gasteiger partial charge in [-0.1, -0.05) is 6.07 Å². The van der Waals surface area contributed by atoms with Gasteiger partial charge in [-0.15, -0.1) is 0 Å². The predicted molar refractivity (Wildman–Crippen MR) is 104 cm³/mol. The van der Waals surface area contributed by atoms with Crippen molar-refractivity contribution in [1.82, 2.24) is 0 Å². The molecule has 0 amide bonds. The molecule has 3 aliphatic heterocycles. The molecule has 1 N–H and O–H groups in total. The highest BCUT2D eigenvalue weighted by Crippen LogP contribution is 2.50. The molecule has 0 saturated heterocycles. The van der Waals surface area contributed by atoms with Crippen LogP contribution in [0.15, 0.2) is 24.3 Å². The van der Waals surface area contributed by atoms with Crippen molar-refractivity contribution in [3.05, 3.63) is 46.5 Å². The molecule has 0 spiro atoms. The van der Waals surface area contributed by atoms with E-state index in [1.807, 2.05) is 6.07 Å². The van der Waals surface area contributed by atoms with Gasteiger partial charge in [-0.25, -0.2) is 4.79 Å². The van der Waals surface area contributed by atoms with Crippen molar-refractivity contribution in [2.45, 2.75) is 25.4 Å². The first-order valence-electron chi connectivity index (χ1n) is 9.77. The molecule has 5 rings (SSSR count). The van der Waals surface area contributed by atoms with E-state index in [1.54, 1.807) is 14.2 Å². The molecule has 0 fully saturated rings. The molecular weight excluding hydrogens is 410 g/mol. The Hall–Kier alpha value is -2.64. The van der Waals surface area contributed by atoms with Crippen molar-refractivity contribution < 1.29 is 45.7 Å². The molecular formula is C22H24ClNO6. The second kappa shape index (κ2) is 7.56. The molecule has 2 atom stereocenters. The summed E-state index contributed by atoms with van der Waals surface area (Å²) < 4.78 is 22.8. The highest BCUT2D eigenvalue weighted by Gasteiger charge is 2.48. The van der Waals surface area contributed by atoms with Gasteiger partial charge in [0.25, 0.3) is 0 Å². The zero-order chi connectivity index (χ0) is 20.2. The Kier molecular flexibility index (Phi) is 5.20. The number of methoxy groups -OCH3 is 2. The van der Waals surface area contributed by atoms with Gasteiger partial charge in [-0.2, -0.15) is 0 Å². The van der Waals surface area contributed by atoms with Gasteiger partial charge in [-0.05, 0) is 29.3 Å². The maximum Gasteiger partial charge on any atom is 0.359 e. The van der Waals surface area contributed by atoms with Crippen LogP contribution < -0.4 is 31.4 Å². The summed E-state index contributed by atoms with van der Waals surface area (Å²) in [5.41, 5.74) is 4.62. The number of carboxylic acids is 1. The molecule has 0 aromatic heterocycles. The summed E-state index contributed by atoms with van der Waals surface area (Å²) in [4.78, 5) is 11.9. The average molecular weight is 434 g/mol. The van der Waals surface area contributed by atoms with Crippen LogP contribution in [0.2, 0.25) is 0 Å². The Morgan fingerprint density at radius 3 is 2.63 bits per heavy atom. The Balaban J connectivity index is 0.00000218. The molecule has 3 heterocycles. The maximum absolute atomic E-state index is 11.9. The number of quaternary nitrogens is 1. The third-order valence-electron chi connectivity index (χ3n) is 6.56. The smallest absolute Gasteiger partial charge is 0.359 e. The van der Waals surface area contributed by atoms with Gasteiger partial charge in [0.15, 0.2) is 29.5 Å². The number of nitrogens with zero attached hydrogens (tertiary/aromatic N) is 1. The van der Waals surface area contributed by atoms with Crippen LogP contribution >= 0.6 is 0 Å². The Morgan fingerprint density at radius 1 is 1.17 bits per heavy atom. The van der Waals surface area contributed by atoms with Crippen LogP contribution in [0.3, 0.4) is 0 Å². The largest absolute Gasteiger partial charge is 1.00 e. The fraction of sp³-hybridized carbons (Fsp3) is 0.409. The minimum Gasteiger partial charge on any atom is -1.00 e. The highest BCUT2D eigenvalue weighted by atomic mass is 35.5. The monoisotopic (exact) mass is 433 g/mol. The van der Waals surface area contributed by atoms with E-state index in [0.717, 1.165) is 36.4 Å². The van der Waals surface area contributed by atoms with Gasteiger partial charge in [0, 0.05) is 18.4 Å². The van der Waals surface area contributed by atoms with Gasteiger partial charge in [0.2, 0.25) is 6.79 Å². The minimum atomic E-state index is -0.787. The highest BCUT2D eigenvalue weighted by molar-refractivity contribution is 5.68. The number of hydrogen-bond acceptors (Lipinski definition) is 5. The molecule has 0 saturated carbocycles. The van der Waals surface area contributed by atoms with Crippen LogP contribution in [-0.2, 0) is 24.2 Å². The molecule has 2 aromatic carbocycles. The second-order valence-corrected chi connectivity index (χ2v) is 7.97. The van der Waals surface area contributed by atoms with E-state index in [2.05, 4.69) is 18.2 Å². The topological polar surface area (TPSA) is 74.2 Å². The molecule has 0 aliphatic carbocycles. The second-order valence-electron chi connectivity index (χ2n) is 7.97. The van der Waals surface area contributed by atoms with E-state index in [4.69, 9.17) is 18.9 Å². The fourth-order valence-electron chi connectivity index (χ4n) is 5.25. The van der Waals surface area contributed by atoms with Gasteiger partial charge >= 0.3 is 5.97 Å². The van der Waals surface area contributed by atoms with Crippen LogP contribution in [0.4, 0.5) is 0 Å². The summed E-state index contributed by atoms with van der Waals surface area (Å²) in [5, 5.41) is 9.76. The summed E-state index contributed by atoms with van der Waals surface area (Å²) in [7, 11) is 3.26. The molecule has 160 valence electrons. The maximum atomic E-state index is 11.9. The van der Waals surface area contributed by atoms with Gasteiger partial charge in [0.1, 0.15) is 12.6 Å². The first-order chi connectivity index (χ1) is 14.0. The number of aliphatic carboxylic acids is 1. The first-order valence-corrected chi connectivity index (χ1v) is 9.77. The first kappa shape index (κ1) is 20.6. The number of halogens is 1. The van der Waals surface area contributed by atoms with Crippen molar-refractivity contribution in [3.8, 4) is 23.0 Å². The summed E-state index contributed by atoms with van der Waals surface area (Å²) in [6.45, 7) is 1.65. The molecule has 3 aliphatic rings. The molecule has 0 radical (unpaired) electrons. The SMILES string of the molecule is COc1ccc2c(c1OC)C[N+]1(CC(=O)O)CCc3cc4c(cc3C1C2)OCO4.[Cl-]. The zero-order valence-corrected chi connectivity index (χ0v) is 17.7. The molecule has 8 heteroatoms. The van der Waals surface area contributed by atoms with Crippen LogP contribution in [-0.4, -0.2) is 49.7 Å². The van der Waals surface area contributed by atoms with E-state index in [0.29, 0.717) is 22.5 Å². The number of carbonyl (C=O) groups is 1. The third-order valence-corrected chi connectivity index (χ3v) is 6.56. The lowest BCUT2D eigenvalue weighted by Gasteiger charge is -2.50. The van der Waals surface area contributed by atoms with Gasteiger partial charge in [0.05, 0.1) is 26.3 Å². The van der Waals surface area contributed by atoms with Crippen LogP contribution in [0.25, 0.3) is 0 Å². The van der Waals surface area contributed by atoms with E-state index in [1.165, 1.54) is 16.7 Å². The number of rotatable bonds is 4. The fourth-order valence-corrected chi connectivity index (χ4v) is 5.25. The Labute approximate surface area is 181 Å². The summed E-state index contributed by atoms with van der Waals surface area (Å²) >= 11 is 0. The number of hydrogen-bond donors (Lipinski definition) is 1. The Morgan fingerprint density at radius 2 is 1.93 bits per heavy atom.